The van der Waals surface area contributed by atoms with Crippen LogP contribution in [-0.2, 0) is 13.1 Å². The molecule has 0 aliphatic rings. The zero-order chi connectivity index (χ0) is 20.9. The minimum atomic E-state index is -0.753. The molecule has 0 aliphatic carbocycles. The number of ether oxygens (including phenoxy) is 2. The first-order valence-corrected chi connectivity index (χ1v) is 9.87. The third-order valence-corrected chi connectivity index (χ3v) is 5.05. The number of rotatable bonds is 8. The number of benzene rings is 3. The van der Waals surface area contributed by atoms with Crippen LogP contribution < -0.4 is 15.1 Å². The van der Waals surface area contributed by atoms with Gasteiger partial charge in [-0.2, -0.15) is 0 Å². The Balaban J connectivity index is 1.53. The Labute approximate surface area is 175 Å². The van der Waals surface area contributed by atoms with E-state index in [1.165, 1.54) is 0 Å². The summed E-state index contributed by atoms with van der Waals surface area (Å²) >= 11 is 0. The molecule has 1 atom stereocenters. The van der Waals surface area contributed by atoms with E-state index in [2.05, 4.69) is 12.1 Å². The number of nitrogens with zero attached hydrogens (tertiary/aromatic N) is 2. The highest BCUT2D eigenvalue weighted by Crippen LogP contribution is 2.18. The van der Waals surface area contributed by atoms with Crippen LogP contribution in [0.2, 0.25) is 0 Å². The summed E-state index contributed by atoms with van der Waals surface area (Å²) in [5, 5.41) is 19.3. The third-order valence-electron chi connectivity index (χ3n) is 5.05. The molecule has 3 aromatic carbocycles. The zero-order valence-electron chi connectivity index (χ0n) is 16.9. The topological polar surface area (TPSA) is 72.4 Å². The highest BCUT2D eigenvalue weighted by Gasteiger charge is 2.15. The quantitative estimate of drug-likeness (QED) is 0.474. The van der Waals surface area contributed by atoms with Gasteiger partial charge in [0.1, 0.15) is 24.2 Å². The van der Waals surface area contributed by atoms with Crippen LogP contribution in [0.5, 0.6) is 11.5 Å². The third kappa shape index (κ3) is 4.23. The lowest BCUT2D eigenvalue weighted by Gasteiger charge is -2.14. The van der Waals surface area contributed by atoms with Crippen molar-refractivity contribution in [3.8, 4) is 11.5 Å². The summed E-state index contributed by atoms with van der Waals surface area (Å²) in [7, 11) is 1.61. The maximum atomic E-state index is 10.6. The summed E-state index contributed by atoms with van der Waals surface area (Å²) in [4.78, 5) is 0. The van der Waals surface area contributed by atoms with Crippen LogP contribution in [0, 0.1) is 5.41 Å². The van der Waals surface area contributed by atoms with E-state index in [4.69, 9.17) is 14.9 Å². The van der Waals surface area contributed by atoms with Crippen molar-refractivity contribution in [2.24, 2.45) is 0 Å². The fourth-order valence-corrected chi connectivity index (χ4v) is 3.53. The van der Waals surface area contributed by atoms with E-state index in [1.807, 2.05) is 63.7 Å². The lowest BCUT2D eigenvalue weighted by molar-refractivity contribution is 0.0921. The van der Waals surface area contributed by atoms with Gasteiger partial charge in [0.2, 0.25) is 5.62 Å². The van der Waals surface area contributed by atoms with E-state index < -0.39 is 6.10 Å². The molecule has 0 saturated carbocycles. The van der Waals surface area contributed by atoms with E-state index >= 15 is 0 Å². The average Bonchev–Trinajstić information content (AvgIpc) is 3.05. The van der Waals surface area contributed by atoms with E-state index in [0.29, 0.717) is 17.9 Å². The molecule has 0 aliphatic heterocycles. The van der Waals surface area contributed by atoms with Gasteiger partial charge < -0.3 is 23.7 Å². The van der Waals surface area contributed by atoms with Gasteiger partial charge in [0, 0.05) is 0 Å². The first-order chi connectivity index (χ1) is 14.7. The van der Waals surface area contributed by atoms with Gasteiger partial charge in [-0.25, -0.2) is 0 Å². The molecule has 6 nitrogen and oxygen atoms in total. The highest BCUT2D eigenvalue weighted by atomic mass is 16.5. The molecule has 0 fully saturated rings. The van der Waals surface area contributed by atoms with Gasteiger partial charge in [0.25, 0.3) is 0 Å². The predicted octanol–water partition coefficient (Wildman–Crippen LogP) is 3.42. The molecule has 2 N–H and O–H groups in total. The van der Waals surface area contributed by atoms with Gasteiger partial charge in [-0.15, -0.1) is 0 Å². The molecule has 1 heterocycles. The molecular formula is C24H25N3O3. The maximum absolute atomic E-state index is 10.6. The van der Waals surface area contributed by atoms with Crippen molar-refractivity contribution in [3.05, 3.63) is 90.0 Å². The summed E-state index contributed by atoms with van der Waals surface area (Å²) in [6.45, 7) is 1.01. The van der Waals surface area contributed by atoms with Crippen molar-refractivity contribution in [1.82, 2.24) is 9.13 Å². The molecule has 30 heavy (non-hydrogen) atoms. The van der Waals surface area contributed by atoms with Crippen LogP contribution in [0.4, 0.5) is 0 Å². The summed E-state index contributed by atoms with van der Waals surface area (Å²) in [5.74, 6) is 1.42. The van der Waals surface area contributed by atoms with E-state index in [9.17, 15) is 5.11 Å². The van der Waals surface area contributed by atoms with Gasteiger partial charge >= 0.3 is 0 Å². The minimum absolute atomic E-state index is 0.136. The monoisotopic (exact) mass is 403 g/mol. The Morgan fingerprint density at radius 3 is 2.10 bits per heavy atom. The first-order valence-electron chi connectivity index (χ1n) is 9.87. The largest absolute Gasteiger partial charge is 0.497 e. The molecule has 1 unspecified atom stereocenters. The van der Waals surface area contributed by atoms with Crippen LogP contribution >= 0.6 is 0 Å². The summed E-state index contributed by atoms with van der Waals surface area (Å²) in [6, 6.07) is 25.2. The molecule has 1 aromatic heterocycles. The number of aromatic nitrogens is 2. The Morgan fingerprint density at radius 1 is 0.833 bits per heavy atom. The van der Waals surface area contributed by atoms with Gasteiger partial charge in [-0.3, -0.25) is 5.41 Å². The Morgan fingerprint density at radius 2 is 1.43 bits per heavy atom. The SMILES string of the molecule is COc1ccc(OCC(O)Cn2c(=N)n(Cc3ccccc3)c3ccccc32)cc1. The number of imidazole rings is 1. The standard InChI is InChI=1S/C24H25N3O3/c1-29-20-11-13-21(14-12-20)30-17-19(28)16-27-23-10-6-5-9-22(23)26(24(27)25)15-18-7-3-2-4-8-18/h2-14,19,25,28H,15-17H2,1H3. The van der Waals surface area contributed by atoms with Crippen LogP contribution in [0.3, 0.4) is 0 Å². The number of aliphatic hydroxyl groups excluding tert-OH is 1. The van der Waals surface area contributed by atoms with Crippen molar-refractivity contribution < 1.29 is 14.6 Å². The molecule has 0 radical (unpaired) electrons. The number of hydrogen-bond acceptors (Lipinski definition) is 4. The smallest absolute Gasteiger partial charge is 0.203 e. The fourth-order valence-electron chi connectivity index (χ4n) is 3.53. The number of fused-ring (bicyclic) bond motifs is 1. The van der Waals surface area contributed by atoms with Gasteiger partial charge in [0.15, 0.2) is 0 Å². The highest BCUT2D eigenvalue weighted by molar-refractivity contribution is 5.76. The molecule has 4 rings (SSSR count). The number of aliphatic hydroxyl groups is 1. The molecular weight excluding hydrogens is 378 g/mol. The summed E-state index contributed by atoms with van der Waals surface area (Å²) in [5.41, 5.74) is 3.36. The molecule has 0 bridgehead atoms. The van der Waals surface area contributed by atoms with Gasteiger partial charge in [-0.05, 0) is 42.0 Å². The number of nitrogens with one attached hydrogen (secondary N) is 1. The van der Waals surface area contributed by atoms with E-state index in [-0.39, 0.29) is 13.2 Å². The normalized spacial score (nSPS) is 12.1. The second-order valence-electron chi connectivity index (χ2n) is 7.14. The van der Waals surface area contributed by atoms with Crippen molar-refractivity contribution in [2.45, 2.75) is 19.2 Å². The Bertz CT molecular complexity index is 1160. The second kappa shape index (κ2) is 8.88. The van der Waals surface area contributed by atoms with E-state index in [0.717, 1.165) is 22.3 Å². The van der Waals surface area contributed by atoms with Crippen molar-refractivity contribution in [3.63, 3.8) is 0 Å². The number of hydrogen-bond donors (Lipinski definition) is 2. The lowest BCUT2D eigenvalue weighted by atomic mass is 10.2. The fraction of sp³-hybridized carbons (Fsp3) is 0.208. The second-order valence-corrected chi connectivity index (χ2v) is 7.14. The zero-order valence-corrected chi connectivity index (χ0v) is 16.9. The summed E-state index contributed by atoms with van der Waals surface area (Å²) in [6.07, 6.45) is -0.753. The first kappa shape index (κ1) is 19.8. The average molecular weight is 403 g/mol. The Hall–Kier alpha value is -3.51. The minimum Gasteiger partial charge on any atom is -0.497 e. The summed E-state index contributed by atoms with van der Waals surface area (Å²) < 4.78 is 14.6. The van der Waals surface area contributed by atoms with Crippen LogP contribution in [-0.4, -0.2) is 34.1 Å². The molecule has 154 valence electrons. The molecule has 0 saturated heterocycles. The number of para-hydroxylation sites is 2. The van der Waals surface area contributed by atoms with Gasteiger partial charge in [0.05, 0.1) is 31.2 Å². The van der Waals surface area contributed by atoms with E-state index in [1.54, 1.807) is 19.2 Å². The molecule has 0 amide bonds. The van der Waals surface area contributed by atoms with Crippen molar-refractivity contribution >= 4 is 11.0 Å². The van der Waals surface area contributed by atoms with Gasteiger partial charge in [-0.1, -0.05) is 42.5 Å². The van der Waals surface area contributed by atoms with Crippen molar-refractivity contribution in [1.29, 1.82) is 5.41 Å². The number of methoxy groups -OCH3 is 1. The van der Waals surface area contributed by atoms with Crippen LogP contribution in [0.1, 0.15) is 5.56 Å². The molecule has 4 aromatic rings. The Kier molecular flexibility index (Phi) is 5.86. The predicted molar refractivity (Wildman–Crippen MR) is 116 cm³/mol. The maximum Gasteiger partial charge on any atom is 0.203 e. The van der Waals surface area contributed by atoms with Crippen LogP contribution in [0.15, 0.2) is 78.9 Å². The van der Waals surface area contributed by atoms with Crippen molar-refractivity contribution in [2.75, 3.05) is 13.7 Å². The lowest BCUT2D eigenvalue weighted by Crippen LogP contribution is -2.31. The molecule has 6 heteroatoms. The molecule has 0 spiro atoms. The van der Waals surface area contributed by atoms with Crippen LogP contribution in [0.25, 0.3) is 11.0 Å².